The number of nitrogens with zero attached hydrogens (tertiary/aromatic N) is 4. The van der Waals surface area contributed by atoms with Crippen LogP contribution < -0.4 is 0 Å². The van der Waals surface area contributed by atoms with E-state index in [-0.39, 0.29) is 0 Å². The predicted molar refractivity (Wildman–Crippen MR) is 102 cm³/mol. The summed E-state index contributed by atoms with van der Waals surface area (Å²) in [6, 6.07) is 17.1. The summed E-state index contributed by atoms with van der Waals surface area (Å²) in [5.41, 5.74) is 4.34. The van der Waals surface area contributed by atoms with Crippen molar-refractivity contribution < 1.29 is 0 Å². The summed E-state index contributed by atoms with van der Waals surface area (Å²) in [5, 5.41) is 6.07. The molecule has 4 heteroatoms. The van der Waals surface area contributed by atoms with Crippen LogP contribution in [-0.4, -0.2) is 18.9 Å². The lowest BCUT2D eigenvalue weighted by Gasteiger charge is -2.09. The Balaban J connectivity index is 2.03. The van der Waals surface area contributed by atoms with Crippen LogP contribution in [0.25, 0.3) is 49.1 Å². The summed E-state index contributed by atoms with van der Waals surface area (Å²) in [4.78, 5) is 9.24. The van der Waals surface area contributed by atoms with Crippen LogP contribution in [0.15, 0.2) is 67.3 Å². The molecule has 118 valence electrons. The molecule has 6 aromatic rings. The number of benzene rings is 2. The van der Waals surface area contributed by atoms with Crippen LogP contribution >= 0.6 is 0 Å². The van der Waals surface area contributed by atoms with Gasteiger partial charge in [-0.1, -0.05) is 24.3 Å². The molecule has 0 saturated carbocycles. The topological polar surface area (TPSA) is 35.1 Å². The van der Waals surface area contributed by atoms with Crippen molar-refractivity contribution in [1.82, 2.24) is 18.9 Å². The fourth-order valence-electron chi connectivity index (χ4n) is 3.99. The van der Waals surface area contributed by atoms with E-state index in [1.807, 2.05) is 25.6 Å². The molecule has 0 fully saturated rings. The maximum absolute atomic E-state index is 4.69. The van der Waals surface area contributed by atoms with Crippen molar-refractivity contribution in [3.8, 4) is 0 Å². The molecular formula is C21H14N4. The van der Waals surface area contributed by atoms with Gasteiger partial charge in [0.15, 0.2) is 0 Å². The molecule has 0 unspecified atom stereocenters. The Morgan fingerprint density at radius 1 is 0.840 bits per heavy atom. The van der Waals surface area contributed by atoms with Gasteiger partial charge in [0, 0.05) is 41.0 Å². The van der Waals surface area contributed by atoms with Crippen molar-refractivity contribution in [2.45, 2.75) is 0 Å². The first-order valence-electron chi connectivity index (χ1n) is 8.32. The zero-order chi connectivity index (χ0) is 16.5. The number of fused-ring (bicyclic) bond motifs is 9. The van der Waals surface area contributed by atoms with Crippen LogP contribution in [0, 0.1) is 0 Å². The molecule has 0 bridgehead atoms. The Morgan fingerprint density at radius 2 is 1.72 bits per heavy atom. The van der Waals surface area contributed by atoms with Crippen molar-refractivity contribution >= 4 is 49.1 Å². The molecule has 0 N–H and O–H groups in total. The third-order valence-electron chi connectivity index (χ3n) is 5.15. The van der Waals surface area contributed by atoms with E-state index in [2.05, 4.69) is 67.6 Å². The molecule has 0 radical (unpaired) electrons. The number of aryl methyl sites for hydroxylation is 1. The highest BCUT2D eigenvalue weighted by molar-refractivity contribution is 6.21. The molecule has 6 rings (SSSR count). The van der Waals surface area contributed by atoms with Gasteiger partial charge in [-0.05, 0) is 29.7 Å². The van der Waals surface area contributed by atoms with Crippen molar-refractivity contribution in [3.05, 3.63) is 67.3 Å². The molecule has 0 aliphatic rings. The molecule has 4 heterocycles. The maximum atomic E-state index is 4.69. The third kappa shape index (κ3) is 1.56. The number of hydrogen-bond donors (Lipinski definition) is 0. The van der Waals surface area contributed by atoms with E-state index in [0.717, 1.165) is 22.1 Å². The van der Waals surface area contributed by atoms with Gasteiger partial charge in [-0.3, -0.25) is 4.40 Å². The van der Waals surface area contributed by atoms with E-state index < -0.39 is 0 Å². The molecule has 0 saturated heterocycles. The molecule has 0 spiro atoms. The lowest BCUT2D eigenvalue weighted by Crippen LogP contribution is -1.93. The Bertz CT molecular complexity index is 1450. The summed E-state index contributed by atoms with van der Waals surface area (Å²) >= 11 is 0. The van der Waals surface area contributed by atoms with Gasteiger partial charge in [-0.2, -0.15) is 0 Å². The molecule has 0 atom stereocenters. The number of aromatic nitrogens is 4. The van der Waals surface area contributed by atoms with E-state index >= 15 is 0 Å². The fraction of sp³-hybridized carbons (Fsp3) is 0.0476. The maximum Gasteiger partial charge on any atom is 0.145 e. The van der Waals surface area contributed by atoms with Crippen molar-refractivity contribution in [2.24, 2.45) is 7.05 Å². The van der Waals surface area contributed by atoms with Crippen LogP contribution in [0.4, 0.5) is 0 Å². The van der Waals surface area contributed by atoms with Gasteiger partial charge in [0.2, 0.25) is 0 Å². The lowest BCUT2D eigenvalue weighted by atomic mass is 10.0. The summed E-state index contributed by atoms with van der Waals surface area (Å²) < 4.78 is 4.29. The molecule has 25 heavy (non-hydrogen) atoms. The number of rotatable bonds is 0. The Labute approximate surface area is 142 Å². The molecule has 0 amide bonds. The second kappa shape index (κ2) is 4.36. The van der Waals surface area contributed by atoms with Gasteiger partial charge >= 0.3 is 0 Å². The average Bonchev–Trinajstić information content (AvgIpc) is 3.22. The minimum Gasteiger partial charge on any atom is -0.334 e. The van der Waals surface area contributed by atoms with E-state index in [4.69, 9.17) is 0 Å². The highest BCUT2D eigenvalue weighted by atomic mass is 15.0. The number of hydrogen-bond acceptors (Lipinski definition) is 2. The summed E-state index contributed by atoms with van der Waals surface area (Å²) in [6.45, 7) is 0. The molecule has 0 aliphatic heterocycles. The average molecular weight is 322 g/mol. The minimum atomic E-state index is 0.989. The molecule has 4 nitrogen and oxygen atoms in total. The minimum absolute atomic E-state index is 0.989. The first-order valence-corrected chi connectivity index (χ1v) is 8.32. The van der Waals surface area contributed by atoms with Gasteiger partial charge < -0.3 is 4.57 Å². The summed E-state index contributed by atoms with van der Waals surface area (Å²) in [5.74, 6) is 0. The predicted octanol–water partition coefficient (Wildman–Crippen LogP) is 4.68. The van der Waals surface area contributed by atoms with Gasteiger partial charge in [0.05, 0.1) is 22.9 Å². The number of imidazole rings is 1. The highest BCUT2D eigenvalue weighted by Crippen LogP contribution is 2.35. The Kier molecular flexibility index (Phi) is 2.26. The smallest absolute Gasteiger partial charge is 0.145 e. The highest BCUT2D eigenvalue weighted by Gasteiger charge is 2.14. The van der Waals surface area contributed by atoms with Crippen LogP contribution in [-0.2, 0) is 7.05 Å². The van der Waals surface area contributed by atoms with Gasteiger partial charge in [-0.15, -0.1) is 0 Å². The quantitative estimate of drug-likeness (QED) is 0.381. The number of pyridine rings is 2. The standard InChI is InChI=1S/C21H14N4/c1-24-12-23-18-9-17-16(10-19(18)24)15-7-4-8-22-21(15)25-11-13-5-2-3-6-14(13)20(17)25/h2-12H,1H3. The zero-order valence-corrected chi connectivity index (χ0v) is 13.6. The van der Waals surface area contributed by atoms with Crippen molar-refractivity contribution in [1.29, 1.82) is 0 Å². The van der Waals surface area contributed by atoms with Gasteiger partial charge in [0.1, 0.15) is 5.65 Å². The molecular weight excluding hydrogens is 308 g/mol. The second-order valence-electron chi connectivity index (χ2n) is 6.55. The SMILES string of the molecule is Cn1cnc2cc3c(cc21)c1cccnc1n1cc2ccccc2c31. The molecule has 2 aromatic carbocycles. The monoisotopic (exact) mass is 322 g/mol. The Morgan fingerprint density at radius 3 is 2.68 bits per heavy atom. The van der Waals surface area contributed by atoms with Gasteiger partial charge in [-0.25, -0.2) is 9.97 Å². The van der Waals surface area contributed by atoms with E-state index in [0.29, 0.717) is 0 Å². The largest absolute Gasteiger partial charge is 0.334 e. The van der Waals surface area contributed by atoms with Crippen LogP contribution in [0.5, 0.6) is 0 Å². The van der Waals surface area contributed by atoms with E-state index in [9.17, 15) is 0 Å². The van der Waals surface area contributed by atoms with E-state index in [1.54, 1.807) is 0 Å². The first-order chi connectivity index (χ1) is 12.3. The normalized spacial score (nSPS) is 12.2. The van der Waals surface area contributed by atoms with Crippen LogP contribution in [0.3, 0.4) is 0 Å². The summed E-state index contributed by atoms with van der Waals surface area (Å²) in [6.07, 6.45) is 5.92. The van der Waals surface area contributed by atoms with E-state index in [1.165, 1.54) is 27.1 Å². The van der Waals surface area contributed by atoms with Crippen LogP contribution in [0.1, 0.15) is 0 Å². The second-order valence-corrected chi connectivity index (χ2v) is 6.55. The Hall–Kier alpha value is -3.40. The fourth-order valence-corrected chi connectivity index (χ4v) is 3.99. The third-order valence-corrected chi connectivity index (χ3v) is 5.15. The van der Waals surface area contributed by atoms with Crippen LogP contribution in [0.2, 0.25) is 0 Å². The van der Waals surface area contributed by atoms with Crippen molar-refractivity contribution in [2.75, 3.05) is 0 Å². The first kappa shape index (κ1) is 13.0. The lowest BCUT2D eigenvalue weighted by molar-refractivity contribution is 0.948. The summed E-state index contributed by atoms with van der Waals surface area (Å²) in [7, 11) is 2.03. The van der Waals surface area contributed by atoms with Crippen molar-refractivity contribution in [3.63, 3.8) is 0 Å². The molecule has 4 aromatic heterocycles. The van der Waals surface area contributed by atoms with Gasteiger partial charge in [0.25, 0.3) is 0 Å². The molecule has 0 aliphatic carbocycles. The zero-order valence-electron chi connectivity index (χ0n) is 13.6.